The summed E-state index contributed by atoms with van der Waals surface area (Å²) in [4.78, 5) is 20.4. The van der Waals surface area contributed by atoms with Gasteiger partial charge in [-0.2, -0.15) is 0 Å². The molecule has 3 aromatic carbocycles. The van der Waals surface area contributed by atoms with Crippen LogP contribution in [0.2, 0.25) is 0 Å². The summed E-state index contributed by atoms with van der Waals surface area (Å²) in [6.07, 6.45) is 4.27. The molecule has 0 saturated heterocycles. The minimum atomic E-state index is 0.114. The summed E-state index contributed by atoms with van der Waals surface area (Å²) in [6.45, 7) is 10.1. The molecular formula is C34H38N4OS. The van der Waals surface area contributed by atoms with Crippen molar-refractivity contribution in [2.75, 3.05) is 43.9 Å². The number of pyridine rings is 1. The van der Waals surface area contributed by atoms with Crippen LogP contribution in [0.1, 0.15) is 42.9 Å². The lowest BCUT2D eigenvalue weighted by molar-refractivity contribution is 0.361. The lowest BCUT2D eigenvalue weighted by Crippen LogP contribution is -2.30. The van der Waals surface area contributed by atoms with Crippen LogP contribution < -0.4 is 16.1 Å². The predicted octanol–water partition coefficient (Wildman–Crippen LogP) is 7.41. The first kappa shape index (κ1) is 26.7. The first-order valence-electron chi connectivity index (χ1n) is 14.5. The average molecular weight is 551 g/mol. The lowest BCUT2D eigenvalue weighted by atomic mass is 9.97. The molecule has 0 aliphatic heterocycles. The van der Waals surface area contributed by atoms with E-state index in [0.29, 0.717) is 5.92 Å². The minimum Gasteiger partial charge on any atom is -0.383 e. The largest absolute Gasteiger partial charge is 0.383 e. The molecule has 1 aliphatic rings. The fourth-order valence-electron chi connectivity index (χ4n) is 5.87. The normalized spacial score (nSPS) is 16.7. The van der Waals surface area contributed by atoms with Gasteiger partial charge in [-0.1, -0.05) is 32.0 Å². The molecule has 206 valence electrons. The first-order chi connectivity index (χ1) is 19.4. The zero-order valence-corrected chi connectivity index (χ0v) is 24.7. The summed E-state index contributed by atoms with van der Waals surface area (Å²) in [7, 11) is 2.15. The summed E-state index contributed by atoms with van der Waals surface area (Å²) in [6, 6.07) is 18.9. The highest BCUT2D eigenvalue weighted by Gasteiger charge is 2.35. The predicted molar refractivity (Wildman–Crippen MR) is 172 cm³/mol. The molecule has 6 heteroatoms. The summed E-state index contributed by atoms with van der Waals surface area (Å²) in [5, 5.41) is 10.1. The molecule has 5 aromatic rings. The second kappa shape index (κ2) is 11.2. The summed E-state index contributed by atoms with van der Waals surface area (Å²) >= 11 is 1.70. The van der Waals surface area contributed by atoms with Crippen molar-refractivity contribution < 1.29 is 0 Å². The second-order valence-electron chi connectivity index (χ2n) is 11.3. The van der Waals surface area contributed by atoms with Gasteiger partial charge in [0.15, 0.2) is 5.43 Å². The van der Waals surface area contributed by atoms with E-state index in [4.69, 9.17) is 0 Å². The Labute approximate surface area is 240 Å². The average Bonchev–Trinajstić information content (AvgIpc) is 3.70. The second-order valence-corrected chi connectivity index (χ2v) is 12.4. The van der Waals surface area contributed by atoms with Gasteiger partial charge in [-0.05, 0) is 91.7 Å². The summed E-state index contributed by atoms with van der Waals surface area (Å²) in [5.41, 5.74) is 7.38. The number of anilines is 2. The van der Waals surface area contributed by atoms with Crippen LogP contribution in [-0.4, -0.2) is 43.1 Å². The highest BCUT2D eigenvalue weighted by Crippen LogP contribution is 2.49. The molecule has 1 fully saturated rings. The molecule has 1 saturated carbocycles. The van der Waals surface area contributed by atoms with Crippen molar-refractivity contribution in [3.05, 3.63) is 87.7 Å². The molecule has 2 atom stereocenters. The summed E-state index contributed by atoms with van der Waals surface area (Å²) < 4.78 is 2.11. The Morgan fingerprint density at radius 3 is 2.50 bits per heavy atom. The van der Waals surface area contributed by atoms with E-state index in [9.17, 15) is 4.79 Å². The Balaban J connectivity index is 1.10. The van der Waals surface area contributed by atoms with Gasteiger partial charge in [0, 0.05) is 63.9 Å². The molecule has 0 spiro atoms. The Kier molecular flexibility index (Phi) is 7.47. The topological polar surface area (TPSA) is 57.3 Å². The zero-order valence-electron chi connectivity index (χ0n) is 23.9. The van der Waals surface area contributed by atoms with Gasteiger partial charge in [-0.15, -0.1) is 11.3 Å². The van der Waals surface area contributed by atoms with Crippen molar-refractivity contribution in [2.45, 2.75) is 39.5 Å². The number of fused-ring (bicyclic) bond motifs is 3. The van der Waals surface area contributed by atoms with Gasteiger partial charge >= 0.3 is 0 Å². The highest BCUT2D eigenvalue weighted by molar-refractivity contribution is 7.24. The van der Waals surface area contributed by atoms with E-state index in [1.807, 2.05) is 30.5 Å². The van der Waals surface area contributed by atoms with Crippen LogP contribution in [0.3, 0.4) is 0 Å². The van der Waals surface area contributed by atoms with E-state index in [-0.39, 0.29) is 5.43 Å². The Morgan fingerprint density at radius 1 is 1.00 bits per heavy atom. The molecule has 40 heavy (non-hydrogen) atoms. The van der Waals surface area contributed by atoms with Crippen molar-refractivity contribution in [1.29, 1.82) is 0 Å². The number of nitrogens with one attached hydrogen (secondary N) is 2. The molecule has 5 nitrogen and oxygen atoms in total. The van der Waals surface area contributed by atoms with E-state index >= 15 is 0 Å². The van der Waals surface area contributed by atoms with Gasteiger partial charge in [0.2, 0.25) is 0 Å². The fourth-order valence-corrected chi connectivity index (χ4v) is 7.04. The summed E-state index contributed by atoms with van der Waals surface area (Å²) in [5.74, 6) is 1.49. The van der Waals surface area contributed by atoms with E-state index < -0.39 is 0 Å². The van der Waals surface area contributed by atoms with Crippen molar-refractivity contribution in [3.63, 3.8) is 0 Å². The van der Waals surface area contributed by atoms with Gasteiger partial charge in [-0.25, -0.2) is 0 Å². The van der Waals surface area contributed by atoms with Gasteiger partial charge < -0.3 is 15.5 Å². The monoisotopic (exact) mass is 550 g/mol. The van der Waals surface area contributed by atoms with Crippen LogP contribution in [0.25, 0.3) is 31.1 Å². The number of hydrogen-bond acceptors (Lipinski definition) is 6. The fraction of sp³-hybridized carbons (Fsp3) is 0.353. The van der Waals surface area contributed by atoms with E-state index in [1.165, 1.54) is 22.9 Å². The van der Waals surface area contributed by atoms with Gasteiger partial charge in [0.05, 0.1) is 10.9 Å². The van der Waals surface area contributed by atoms with Gasteiger partial charge in [0.25, 0.3) is 0 Å². The maximum absolute atomic E-state index is 13.4. The molecule has 0 amide bonds. The number of benzene rings is 3. The zero-order chi connectivity index (χ0) is 27.8. The maximum atomic E-state index is 13.4. The van der Waals surface area contributed by atoms with Crippen LogP contribution in [0.5, 0.6) is 0 Å². The maximum Gasteiger partial charge on any atom is 0.197 e. The Hall–Kier alpha value is -3.48. The van der Waals surface area contributed by atoms with Crippen LogP contribution in [0.4, 0.5) is 11.4 Å². The molecule has 1 aliphatic carbocycles. The van der Waals surface area contributed by atoms with Crippen LogP contribution >= 0.6 is 11.3 Å². The molecule has 2 aromatic heterocycles. The molecule has 0 radical (unpaired) electrons. The number of aromatic nitrogens is 1. The van der Waals surface area contributed by atoms with Crippen molar-refractivity contribution in [1.82, 2.24) is 9.88 Å². The van der Waals surface area contributed by atoms with Crippen molar-refractivity contribution in [3.8, 4) is 0 Å². The third-order valence-electron chi connectivity index (χ3n) is 8.44. The van der Waals surface area contributed by atoms with E-state index in [0.717, 1.165) is 81.1 Å². The molecule has 2 heterocycles. The van der Waals surface area contributed by atoms with Gasteiger partial charge in [-0.3, -0.25) is 9.78 Å². The third kappa shape index (κ3) is 5.18. The Bertz CT molecular complexity index is 1760. The SMILES string of the molecule is CCc1cc2nccc(NCCN(C)CCNc3ccc(C)c4sc5ccccc5c(=O)c34)c2cc1[C@H]1CC1C. The standard InChI is InChI=1S/C34H38N4OS/c1-5-23-19-30-27(20-26(23)25-18-22(25)3)28(12-13-35-30)36-14-16-38(4)17-15-37-29-11-10-21(2)34-32(29)33(39)24-8-6-7-9-31(24)40-34/h6-13,19-20,22,25,37H,5,14-18H2,1-4H3,(H,35,36)/t22?,25-/m0/s1. The molecule has 2 N–H and O–H groups in total. The minimum absolute atomic E-state index is 0.114. The van der Waals surface area contributed by atoms with Crippen LogP contribution in [0, 0.1) is 12.8 Å². The number of aryl methyl sites for hydroxylation is 2. The van der Waals surface area contributed by atoms with Crippen molar-refractivity contribution in [2.24, 2.45) is 5.92 Å². The quantitative estimate of drug-likeness (QED) is 0.177. The van der Waals surface area contributed by atoms with Crippen LogP contribution in [-0.2, 0) is 6.42 Å². The number of rotatable bonds is 10. The molecule has 6 rings (SSSR count). The smallest absolute Gasteiger partial charge is 0.197 e. The molecular weight excluding hydrogens is 512 g/mol. The first-order valence-corrected chi connectivity index (χ1v) is 15.3. The van der Waals surface area contributed by atoms with E-state index in [1.54, 1.807) is 11.3 Å². The van der Waals surface area contributed by atoms with Crippen molar-refractivity contribution >= 4 is 53.8 Å². The molecule has 0 bridgehead atoms. The van der Waals surface area contributed by atoms with E-state index in [2.05, 4.69) is 78.7 Å². The third-order valence-corrected chi connectivity index (χ3v) is 9.74. The lowest BCUT2D eigenvalue weighted by Gasteiger charge is -2.19. The van der Waals surface area contributed by atoms with Gasteiger partial charge in [0.1, 0.15) is 0 Å². The number of hydrogen-bond donors (Lipinski definition) is 2. The number of likely N-dealkylation sites (N-methyl/N-ethyl adjacent to an activating group) is 1. The number of nitrogens with zero attached hydrogens (tertiary/aromatic N) is 2. The molecule has 1 unspecified atom stereocenters. The van der Waals surface area contributed by atoms with Crippen LogP contribution in [0.15, 0.2) is 65.6 Å². The Morgan fingerprint density at radius 2 is 1.75 bits per heavy atom. The highest BCUT2D eigenvalue weighted by atomic mass is 32.1.